The van der Waals surface area contributed by atoms with Crippen LogP contribution in [0.4, 0.5) is 11.4 Å². The molecule has 7 aromatic carbocycles. The van der Waals surface area contributed by atoms with Crippen LogP contribution in [0.15, 0.2) is 218 Å². The summed E-state index contributed by atoms with van der Waals surface area (Å²) in [7, 11) is 0. The number of rotatable bonds is 6. The molecule has 0 spiro atoms. The van der Waals surface area contributed by atoms with Gasteiger partial charge in [-0.1, -0.05) is 190 Å². The van der Waals surface area contributed by atoms with E-state index in [2.05, 4.69) is 219 Å². The average molecular weight is 694 g/mol. The van der Waals surface area contributed by atoms with Gasteiger partial charge in [-0.3, -0.25) is 0 Å². The first-order chi connectivity index (χ1) is 26.5. The lowest BCUT2D eigenvalue weighted by Gasteiger charge is -2.34. The Morgan fingerprint density at radius 2 is 1.04 bits per heavy atom. The third-order valence-electron chi connectivity index (χ3n) is 11.6. The normalized spacial score (nSPS) is 16.7. The van der Waals surface area contributed by atoms with E-state index >= 15 is 0 Å². The number of hydrogen-bond donors (Lipinski definition) is 0. The molecule has 260 valence electrons. The maximum atomic E-state index is 4.72. The first kappa shape index (κ1) is 33.4. The fourth-order valence-corrected chi connectivity index (χ4v) is 8.95. The maximum absolute atomic E-state index is 4.72. The molecule has 0 atom stereocenters. The molecule has 54 heavy (non-hydrogen) atoms. The molecular formula is C53H43N. The monoisotopic (exact) mass is 693 g/mol. The fourth-order valence-electron chi connectivity index (χ4n) is 8.95. The summed E-state index contributed by atoms with van der Waals surface area (Å²) in [5, 5.41) is 0. The Kier molecular flexibility index (Phi) is 8.36. The predicted octanol–water partition coefficient (Wildman–Crippen LogP) is 13.4. The van der Waals surface area contributed by atoms with Gasteiger partial charge in [0.2, 0.25) is 0 Å². The number of benzene rings is 7. The van der Waals surface area contributed by atoms with Gasteiger partial charge in [-0.15, -0.1) is 0 Å². The summed E-state index contributed by atoms with van der Waals surface area (Å²) in [6, 6.07) is 66.5. The van der Waals surface area contributed by atoms with E-state index in [1.165, 1.54) is 55.6 Å². The van der Waals surface area contributed by atoms with E-state index in [-0.39, 0.29) is 5.41 Å². The largest absolute Gasteiger partial charge is 0.310 e. The van der Waals surface area contributed by atoms with Crippen molar-refractivity contribution in [2.45, 2.75) is 31.1 Å². The van der Waals surface area contributed by atoms with Crippen molar-refractivity contribution in [2.24, 2.45) is 0 Å². The van der Waals surface area contributed by atoms with Crippen LogP contribution in [0.25, 0.3) is 22.3 Å². The summed E-state index contributed by atoms with van der Waals surface area (Å²) in [6.07, 6.45) is 7.73. The van der Waals surface area contributed by atoms with Gasteiger partial charge in [-0.05, 0) is 92.4 Å². The van der Waals surface area contributed by atoms with Crippen molar-refractivity contribution in [3.8, 4) is 22.3 Å². The second kappa shape index (κ2) is 13.5. The third kappa shape index (κ3) is 5.31. The summed E-state index contributed by atoms with van der Waals surface area (Å²) < 4.78 is 0. The van der Waals surface area contributed by atoms with Crippen molar-refractivity contribution < 1.29 is 0 Å². The van der Waals surface area contributed by atoms with Gasteiger partial charge in [0.1, 0.15) is 0 Å². The van der Waals surface area contributed by atoms with E-state index < -0.39 is 5.41 Å². The van der Waals surface area contributed by atoms with E-state index in [0.717, 1.165) is 29.1 Å². The number of fused-ring (bicyclic) bond motifs is 4. The van der Waals surface area contributed by atoms with E-state index in [4.69, 9.17) is 6.58 Å². The molecule has 0 saturated carbocycles. The zero-order valence-electron chi connectivity index (χ0n) is 30.9. The van der Waals surface area contributed by atoms with Gasteiger partial charge in [0.05, 0.1) is 11.1 Å². The van der Waals surface area contributed by atoms with Crippen molar-refractivity contribution in [1.82, 2.24) is 0 Å². The smallest absolute Gasteiger partial charge is 0.0713 e. The Morgan fingerprint density at radius 3 is 1.74 bits per heavy atom. The molecule has 0 N–H and O–H groups in total. The molecule has 0 radical (unpaired) electrons. The van der Waals surface area contributed by atoms with Gasteiger partial charge in [0, 0.05) is 22.4 Å². The molecule has 0 fully saturated rings. The Morgan fingerprint density at radius 1 is 0.500 bits per heavy atom. The minimum Gasteiger partial charge on any atom is -0.310 e. The minimum absolute atomic E-state index is 0.252. The molecule has 1 heteroatoms. The van der Waals surface area contributed by atoms with E-state index in [1.54, 1.807) is 0 Å². The second-order valence-electron chi connectivity index (χ2n) is 14.9. The molecule has 0 aliphatic heterocycles. The highest BCUT2D eigenvalue weighted by atomic mass is 15.1. The number of anilines is 2. The summed E-state index contributed by atoms with van der Waals surface area (Å²) >= 11 is 0. The number of nitrogens with zero attached hydrogens (tertiary/aromatic N) is 1. The van der Waals surface area contributed by atoms with Gasteiger partial charge in [0.15, 0.2) is 0 Å². The summed E-state index contributed by atoms with van der Waals surface area (Å²) in [5.74, 6) is 0. The lowest BCUT2D eigenvalue weighted by Crippen LogP contribution is -2.28. The summed E-state index contributed by atoms with van der Waals surface area (Å²) in [4.78, 5) is 2.42. The highest BCUT2D eigenvalue weighted by Gasteiger charge is 2.47. The van der Waals surface area contributed by atoms with Crippen LogP contribution in [0.2, 0.25) is 0 Å². The van der Waals surface area contributed by atoms with Crippen LogP contribution in [0.1, 0.15) is 47.2 Å². The van der Waals surface area contributed by atoms with Gasteiger partial charge in [-0.25, -0.2) is 0 Å². The van der Waals surface area contributed by atoms with Crippen molar-refractivity contribution in [1.29, 1.82) is 0 Å². The van der Waals surface area contributed by atoms with Crippen molar-refractivity contribution in [3.05, 3.63) is 251 Å². The molecule has 9 rings (SSSR count). The molecular weight excluding hydrogens is 651 g/mol. The Labute approximate surface area is 319 Å². The minimum atomic E-state index is -0.472. The van der Waals surface area contributed by atoms with Gasteiger partial charge >= 0.3 is 0 Å². The number of hydrogen-bond acceptors (Lipinski definition) is 1. The predicted molar refractivity (Wildman–Crippen MR) is 227 cm³/mol. The quantitative estimate of drug-likeness (QED) is 0.168. The average Bonchev–Trinajstić information content (AvgIpc) is 3.55. The standard InChI is InChI=1S/C53H43N/c1-38-37-43(29-19-22-39-21-13-16-33-47(39)52(38,2)3)54(42-27-11-6-12-28-42)50-36-18-15-30-44(50)45-32-20-35-49-51(45)46-31-14-17-34-48(46)53(49,40-23-7-4-8-24-40)41-25-9-5-10-26-41/h4-21,23-37H,1,22H2,2-3H3/b29-19-,43-37+. The molecule has 0 heterocycles. The van der Waals surface area contributed by atoms with E-state index in [9.17, 15) is 0 Å². The number of allylic oxidation sites excluding steroid dienone is 4. The van der Waals surface area contributed by atoms with Crippen LogP contribution in [-0.4, -0.2) is 0 Å². The molecule has 0 bridgehead atoms. The number of para-hydroxylation sites is 2. The molecule has 2 aliphatic carbocycles. The second-order valence-corrected chi connectivity index (χ2v) is 14.9. The third-order valence-corrected chi connectivity index (χ3v) is 11.6. The Hall–Kier alpha value is -6.44. The van der Waals surface area contributed by atoms with Gasteiger partial charge < -0.3 is 4.90 Å². The van der Waals surface area contributed by atoms with Crippen LogP contribution in [0.3, 0.4) is 0 Å². The van der Waals surface area contributed by atoms with Gasteiger partial charge in [0.25, 0.3) is 0 Å². The highest BCUT2D eigenvalue weighted by molar-refractivity contribution is 5.99. The molecule has 1 nitrogen and oxygen atoms in total. The lowest BCUT2D eigenvalue weighted by atomic mass is 9.67. The first-order valence-electron chi connectivity index (χ1n) is 18.9. The van der Waals surface area contributed by atoms with Crippen LogP contribution in [0.5, 0.6) is 0 Å². The van der Waals surface area contributed by atoms with Crippen molar-refractivity contribution >= 4 is 11.4 Å². The maximum Gasteiger partial charge on any atom is 0.0713 e. The van der Waals surface area contributed by atoms with Crippen LogP contribution >= 0.6 is 0 Å². The molecule has 0 saturated heterocycles. The van der Waals surface area contributed by atoms with E-state index in [1.807, 2.05) is 0 Å². The first-order valence-corrected chi connectivity index (χ1v) is 18.9. The van der Waals surface area contributed by atoms with Crippen molar-refractivity contribution in [3.63, 3.8) is 0 Å². The molecule has 0 aromatic heterocycles. The van der Waals surface area contributed by atoms with Crippen LogP contribution < -0.4 is 4.90 Å². The SMILES string of the molecule is C=C1/C=C(N(c2ccccc2)c2ccccc2-c2cccc3c2-c2ccccc2C3(c2ccccc2)c2ccccc2)\C=C/Cc2ccccc2C1(C)C. The van der Waals surface area contributed by atoms with E-state index in [0.29, 0.717) is 0 Å². The lowest BCUT2D eigenvalue weighted by molar-refractivity contribution is 0.634. The topological polar surface area (TPSA) is 3.24 Å². The molecule has 0 unspecified atom stereocenters. The van der Waals surface area contributed by atoms with Gasteiger partial charge in [-0.2, -0.15) is 0 Å². The highest BCUT2D eigenvalue weighted by Crippen LogP contribution is 2.59. The fraction of sp³-hybridized carbons (Fsp3) is 0.0943. The molecule has 2 aliphatic rings. The zero-order valence-corrected chi connectivity index (χ0v) is 30.9. The molecule has 7 aromatic rings. The Balaban J connectivity index is 1.30. The summed E-state index contributed by atoms with van der Waals surface area (Å²) in [5.41, 5.74) is 16.4. The van der Waals surface area contributed by atoms with Crippen LogP contribution in [-0.2, 0) is 17.3 Å². The summed E-state index contributed by atoms with van der Waals surface area (Å²) in [6.45, 7) is 9.31. The van der Waals surface area contributed by atoms with Crippen molar-refractivity contribution in [2.75, 3.05) is 4.90 Å². The van der Waals surface area contributed by atoms with Crippen LogP contribution in [0, 0.1) is 0 Å². The molecule has 0 amide bonds. The zero-order chi connectivity index (χ0) is 36.7. The Bertz CT molecular complexity index is 2520.